The highest BCUT2D eigenvalue weighted by Gasteiger charge is 2.45. The number of fused-ring (bicyclic) bond motifs is 1. The van der Waals surface area contributed by atoms with Crippen LogP contribution in [0, 0.1) is 0 Å². The average molecular weight is 464 g/mol. The van der Waals surface area contributed by atoms with Crippen LogP contribution in [0.2, 0.25) is 0 Å². The smallest absolute Gasteiger partial charge is 0.238 e. The van der Waals surface area contributed by atoms with Gasteiger partial charge in [-0.1, -0.05) is 0 Å². The number of aliphatic hydroxyl groups is 4. The van der Waals surface area contributed by atoms with Crippen LogP contribution in [0.4, 0.5) is 0 Å². The molecule has 12 nitrogen and oxygen atoms in total. The maximum atomic E-state index is 12.5. The van der Waals surface area contributed by atoms with E-state index >= 15 is 0 Å². The van der Waals surface area contributed by atoms with Crippen LogP contribution in [0.15, 0.2) is 39.5 Å². The molecule has 176 valence electrons. The molecular formula is C21H20O12. The largest absolute Gasteiger partial charge is 0.508 e. The zero-order valence-electron chi connectivity index (χ0n) is 16.7. The van der Waals surface area contributed by atoms with E-state index in [1.54, 1.807) is 0 Å². The number of aliphatic hydroxyl groups excluding tert-OH is 4. The van der Waals surface area contributed by atoms with Gasteiger partial charge in [-0.25, -0.2) is 0 Å². The van der Waals surface area contributed by atoms with Crippen molar-refractivity contribution in [2.75, 3.05) is 6.61 Å². The molecule has 4 rings (SSSR count). The van der Waals surface area contributed by atoms with Crippen LogP contribution in [0.3, 0.4) is 0 Å². The lowest BCUT2D eigenvalue weighted by Gasteiger charge is -2.39. The van der Waals surface area contributed by atoms with Gasteiger partial charge >= 0.3 is 0 Å². The van der Waals surface area contributed by atoms with Crippen LogP contribution in [-0.4, -0.2) is 78.2 Å². The van der Waals surface area contributed by atoms with Crippen molar-refractivity contribution in [3.63, 3.8) is 0 Å². The highest BCUT2D eigenvalue weighted by molar-refractivity contribution is 5.88. The lowest BCUT2D eigenvalue weighted by molar-refractivity contribution is -0.277. The predicted molar refractivity (Wildman–Crippen MR) is 109 cm³/mol. The summed E-state index contributed by atoms with van der Waals surface area (Å²) in [6.45, 7) is -0.688. The summed E-state index contributed by atoms with van der Waals surface area (Å²) in [5.74, 6) is -3.01. The van der Waals surface area contributed by atoms with Crippen molar-refractivity contribution in [1.29, 1.82) is 0 Å². The predicted octanol–water partition coefficient (Wildman–Crippen LogP) is -0.539. The van der Waals surface area contributed by atoms with Crippen LogP contribution >= 0.6 is 0 Å². The van der Waals surface area contributed by atoms with E-state index in [2.05, 4.69) is 0 Å². The third-order valence-corrected chi connectivity index (χ3v) is 5.25. The summed E-state index contributed by atoms with van der Waals surface area (Å²) >= 11 is 0. The summed E-state index contributed by atoms with van der Waals surface area (Å²) in [5.41, 5.74) is -1.19. The SMILES string of the molecule is O=c1c(O)c(-c2ccc(O)c(OC3O[C@H](CO)[C@@H](O)[C@H](O)[C@H]3O)c2)oc2cc(O)cc(O)c12. The molecule has 33 heavy (non-hydrogen) atoms. The minimum absolute atomic E-state index is 0.0201. The van der Waals surface area contributed by atoms with E-state index in [1.807, 2.05) is 0 Å². The molecule has 1 aliphatic heterocycles. The van der Waals surface area contributed by atoms with Crippen molar-refractivity contribution >= 4 is 11.0 Å². The molecule has 0 aliphatic carbocycles. The van der Waals surface area contributed by atoms with Gasteiger partial charge in [0.1, 0.15) is 46.9 Å². The molecular weight excluding hydrogens is 444 g/mol. The standard InChI is InChI=1S/C21H20O12/c22-6-13-15(26)17(28)19(30)21(33-13)32-11-3-7(1-2-9(11)24)20-18(29)16(27)14-10(25)4-8(23)5-12(14)31-20/h1-5,13,15,17,19,21-26,28-30H,6H2/t13-,15-,17+,19-,21?/m1/s1. The molecule has 1 fully saturated rings. The van der Waals surface area contributed by atoms with Crippen LogP contribution in [0.1, 0.15) is 0 Å². The molecule has 2 aromatic carbocycles. The number of ether oxygens (including phenoxy) is 2. The maximum Gasteiger partial charge on any atom is 0.238 e. The lowest BCUT2D eigenvalue weighted by atomic mass is 9.99. The number of phenols is 3. The Morgan fingerprint density at radius 3 is 2.33 bits per heavy atom. The number of aromatic hydroxyl groups is 4. The third-order valence-electron chi connectivity index (χ3n) is 5.25. The molecule has 5 atom stereocenters. The number of hydrogen-bond acceptors (Lipinski definition) is 12. The fourth-order valence-corrected chi connectivity index (χ4v) is 3.51. The van der Waals surface area contributed by atoms with Crippen molar-refractivity contribution in [2.45, 2.75) is 30.7 Å². The van der Waals surface area contributed by atoms with Gasteiger partial charge in [-0.3, -0.25) is 4.79 Å². The first-order chi connectivity index (χ1) is 15.6. The second kappa shape index (κ2) is 8.42. The molecule has 0 spiro atoms. The Morgan fingerprint density at radius 2 is 1.64 bits per heavy atom. The second-order valence-corrected chi connectivity index (χ2v) is 7.44. The Labute approximate surface area is 184 Å². The Morgan fingerprint density at radius 1 is 0.909 bits per heavy atom. The van der Waals surface area contributed by atoms with E-state index in [-0.39, 0.29) is 28.0 Å². The minimum Gasteiger partial charge on any atom is -0.508 e. The summed E-state index contributed by atoms with van der Waals surface area (Å²) in [6.07, 6.45) is -7.92. The van der Waals surface area contributed by atoms with Gasteiger partial charge in [-0.15, -0.1) is 0 Å². The van der Waals surface area contributed by atoms with E-state index in [9.17, 15) is 45.6 Å². The number of rotatable bonds is 4. The first-order valence-electron chi connectivity index (χ1n) is 9.64. The van der Waals surface area contributed by atoms with Crippen LogP contribution in [0.5, 0.6) is 28.7 Å². The molecule has 0 radical (unpaired) electrons. The Bertz CT molecular complexity index is 1250. The first-order valence-corrected chi connectivity index (χ1v) is 9.64. The van der Waals surface area contributed by atoms with Crippen molar-refractivity contribution in [2.24, 2.45) is 0 Å². The van der Waals surface area contributed by atoms with Gasteiger partial charge in [0.25, 0.3) is 0 Å². The van der Waals surface area contributed by atoms with E-state index in [1.165, 1.54) is 6.07 Å². The molecule has 0 bridgehead atoms. The summed E-state index contributed by atoms with van der Waals surface area (Å²) in [6, 6.07) is 5.49. The number of benzene rings is 2. The maximum absolute atomic E-state index is 12.5. The normalized spacial score (nSPS) is 25.3. The molecule has 0 saturated carbocycles. The van der Waals surface area contributed by atoms with Crippen molar-refractivity contribution in [1.82, 2.24) is 0 Å². The van der Waals surface area contributed by atoms with Gasteiger partial charge < -0.3 is 54.7 Å². The topological polar surface area (TPSA) is 211 Å². The van der Waals surface area contributed by atoms with E-state index in [0.717, 1.165) is 24.3 Å². The molecule has 1 aliphatic rings. The quantitative estimate of drug-likeness (QED) is 0.245. The Hall–Kier alpha value is -3.55. The number of hydrogen-bond donors (Lipinski definition) is 8. The molecule has 1 saturated heterocycles. The Kier molecular flexibility index (Phi) is 5.78. The fraction of sp³-hybridized carbons (Fsp3) is 0.286. The lowest BCUT2D eigenvalue weighted by Crippen LogP contribution is -2.60. The van der Waals surface area contributed by atoms with Gasteiger partial charge in [0, 0.05) is 17.7 Å². The highest BCUT2D eigenvalue weighted by Crippen LogP contribution is 2.39. The van der Waals surface area contributed by atoms with Crippen molar-refractivity contribution in [3.8, 4) is 40.1 Å². The summed E-state index contributed by atoms with van der Waals surface area (Å²) in [7, 11) is 0. The summed E-state index contributed by atoms with van der Waals surface area (Å²) < 4.78 is 16.2. The minimum atomic E-state index is -1.75. The van der Waals surface area contributed by atoms with Crippen LogP contribution in [-0.2, 0) is 4.74 Å². The van der Waals surface area contributed by atoms with Gasteiger partial charge in [0.15, 0.2) is 17.3 Å². The van der Waals surface area contributed by atoms with Gasteiger partial charge in [-0.2, -0.15) is 0 Å². The highest BCUT2D eigenvalue weighted by atomic mass is 16.7. The molecule has 1 aromatic heterocycles. The van der Waals surface area contributed by atoms with Gasteiger partial charge in [0.05, 0.1) is 6.61 Å². The monoisotopic (exact) mass is 464 g/mol. The van der Waals surface area contributed by atoms with Gasteiger partial charge in [0.2, 0.25) is 17.5 Å². The zero-order valence-corrected chi connectivity index (χ0v) is 16.7. The fourth-order valence-electron chi connectivity index (χ4n) is 3.51. The molecule has 2 heterocycles. The number of phenolic OH excluding ortho intramolecular Hbond substituents is 3. The van der Waals surface area contributed by atoms with E-state index in [4.69, 9.17) is 13.9 Å². The van der Waals surface area contributed by atoms with Crippen molar-refractivity contribution < 1.29 is 54.7 Å². The molecule has 12 heteroatoms. The third kappa shape index (κ3) is 3.90. The van der Waals surface area contributed by atoms with Crippen LogP contribution < -0.4 is 10.2 Å². The zero-order chi connectivity index (χ0) is 24.0. The molecule has 3 aromatic rings. The van der Waals surface area contributed by atoms with Crippen molar-refractivity contribution in [3.05, 3.63) is 40.6 Å². The molecule has 0 amide bonds. The Balaban J connectivity index is 1.75. The molecule has 8 N–H and O–H groups in total. The van der Waals surface area contributed by atoms with Gasteiger partial charge in [-0.05, 0) is 18.2 Å². The second-order valence-electron chi connectivity index (χ2n) is 7.44. The summed E-state index contributed by atoms with van der Waals surface area (Å²) in [5, 5.41) is 78.9. The van der Waals surface area contributed by atoms with Crippen LogP contribution in [0.25, 0.3) is 22.3 Å². The summed E-state index contributed by atoms with van der Waals surface area (Å²) in [4.78, 5) is 12.5. The van der Waals surface area contributed by atoms with E-state index < -0.39 is 65.7 Å². The van der Waals surface area contributed by atoms with E-state index in [0.29, 0.717) is 0 Å². The molecule has 1 unspecified atom stereocenters. The average Bonchev–Trinajstić information content (AvgIpc) is 2.77. The first kappa shape index (κ1) is 22.6.